The number of aryl methyl sites for hydroxylation is 1. The molecule has 0 aliphatic carbocycles. The molecule has 0 saturated heterocycles. The number of nitrogens with zero attached hydrogens (tertiary/aromatic N) is 1. The number of anilines is 1. The summed E-state index contributed by atoms with van der Waals surface area (Å²) < 4.78 is 0. The fourth-order valence-corrected chi connectivity index (χ4v) is 1.97. The van der Waals surface area contributed by atoms with Crippen LogP contribution in [-0.4, -0.2) is 16.8 Å². The first kappa shape index (κ1) is 15.5. The van der Waals surface area contributed by atoms with Crippen LogP contribution in [0.3, 0.4) is 0 Å². The molecule has 0 bridgehead atoms. The van der Waals surface area contributed by atoms with Crippen molar-refractivity contribution in [3.05, 3.63) is 59.3 Å². The molecule has 6 heteroatoms. The number of hydrogen-bond donors (Lipinski definition) is 3. The number of nitrogens with two attached hydrogens (primary N) is 2. The number of hydrogen-bond acceptors (Lipinski definition) is 4. The topological polar surface area (TPSA) is 111 Å². The molecule has 1 aromatic carbocycles. The summed E-state index contributed by atoms with van der Waals surface area (Å²) in [7, 11) is 0. The number of rotatable bonds is 6. The monoisotopic (exact) mass is 298 g/mol. The molecule has 0 fully saturated rings. The van der Waals surface area contributed by atoms with Gasteiger partial charge in [0.05, 0.1) is 0 Å². The number of amides is 2. The van der Waals surface area contributed by atoms with Crippen molar-refractivity contribution in [2.45, 2.75) is 19.4 Å². The fourth-order valence-electron chi connectivity index (χ4n) is 1.97. The van der Waals surface area contributed by atoms with Gasteiger partial charge in [-0.25, -0.2) is 4.98 Å². The van der Waals surface area contributed by atoms with Crippen LogP contribution in [0.4, 0.5) is 5.82 Å². The van der Waals surface area contributed by atoms with Gasteiger partial charge in [0.2, 0.25) is 11.8 Å². The Labute approximate surface area is 128 Å². The third kappa shape index (κ3) is 4.59. The SMILES string of the molecule is NC(=O)c1cccc(CCC(=O)NCc2ccc(N)nc2)c1. The summed E-state index contributed by atoms with van der Waals surface area (Å²) in [5, 5.41) is 2.81. The zero-order chi connectivity index (χ0) is 15.9. The second kappa shape index (κ2) is 7.21. The maximum atomic E-state index is 11.8. The van der Waals surface area contributed by atoms with Gasteiger partial charge in [-0.2, -0.15) is 0 Å². The van der Waals surface area contributed by atoms with Crippen molar-refractivity contribution in [2.75, 3.05) is 5.73 Å². The highest BCUT2D eigenvalue weighted by molar-refractivity contribution is 5.92. The number of pyridine rings is 1. The summed E-state index contributed by atoms with van der Waals surface area (Å²) in [4.78, 5) is 26.9. The number of nitrogens with one attached hydrogen (secondary N) is 1. The van der Waals surface area contributed by atoms with Gasteiger partial charge in [0, 0.05) is 24.7 Å². The van der Waals surface area contributed by atoms with E-state index in [0.29, 0.717) is 30.8 Å². The normalized spacial score (nSPS) is 10.2. The van der Waals surface area contributed by atoms with Crippen LogP contribution in [-0.2, 0) is 17.8 Å². The molecule has 0 radical (unpaired) electrons. The van der Waals surface area contributed by atoms with Crippen LogP contribution in [0.5, 0.6) is 0 Å². The molecule has 0 unspecified atom stereocenters. The quantitative estimate of drug-likeness (QED) is 0.739. The summed E-state index contributed by atoms with van der Waals surface area (Å²) in [5.41, 5.74) is 13.0. The zero-order valence-corrected chi connectivity index (χ0v) is 12.1. The minimum absolute atomic E-state index is 0.0682. The molecule has 0 spiro atoms. The predicted octanol–water partition coefficient (Wildman–Crippen LogP) is 1.01. The molecule has 2 aromatic rings. The van der Waals surface area contributed by atoms with Crippen LogP contribution in [0, 0.1) is 0 Å². The molecule has 0 atom stereocenters. The van der Waals surface area contributed by atoms with Gasteiger partial charge in [-0.15, -0.1) is 0 Å². The number of carbonyl (C=O) groups excluding carboxylic acids is 2. The Morgan fingerprint density at radius 1 is 1.14 bits per heavy atom. The molecular formula is C16H18N4O2. The lowest BCUT2D eigenvalue weighted by Crippen LogP contribution is -2.23. The zero-order valence-electron chi connectivity index (χ0n) is 12.1. The second-order valence-electron chi connectivity index (χ2n) is 4.93. The van der Waals surface area contributed by atoms with E-state index in [1.165, 1.54) is 0 Å². The van der Waals surface area contributed by atoms with E-state index < -0.39 is 5.91 Å². The van der Waals surface area contributed by atoms with E-state index in [-0.39, 0.29) is 5.91 Å². The van der Waals surface area contributed by atoms with Crippen LogP contribution in [0.2, 0.25) is 0 Å². The standard InChI is InChI=1S/C16H18N4O2/c17-14-6-4-12(9-19-14)10-20-15(21)7-5-11-2-1-3-13(8-11)16(18)22/h1-4,6,8-9H,5,7,10H2,(H2,17,19)(H2,18,22)(H,20,21). The smallest absolute Gasteiger partial charge is 0.248 e. The maximum Gasteiger partial charge on any atom is 0.248 e. The van der Waals surface area contributed by atoms with E-state index in [0.717, 1.165) is 11.1 Å². The summed E-state index contributed by atoms with van der Waals surface area (Å²) in [6.45, 7) is 0.410. The predicted molar refractivity (Wildman–Crippen MR) is 83.8 cm³/mol. The average molecular weight is 298 g/mol. The van der Waals surface area contributed by atoms with E-state index in [1.54, 1.807) is 30.5 Å². The van der Waals surface area contributed by atoms with Crippen molar-refractivity contribution in [3.8, 4) is 0 Å². The molecule has 5 N–H and O–H groups in total. The number of nitrogen functional groups attached to an aromatic ring is 1. The van der Waals surface area contributed by atoms with Crippen molar-refractivity contribution in [2.24, 2.45) is 5.73 Å². The molecular weight excluding hydrogens is 280 g/mol. The van der Waals surface area contributed by atoms with Gasteiger partial charge in [-0.3, -0.25) is 9.59 Å². The Balaban J connectivity index is 1.81. The number of aromatic nitrogens is 1. The fraction of sp³-hybridized carbons (Fsp3) is 0.188. The van der Waals surface area contributed by atoms with E-state index in [2.05, 4.69) is 10.3 Å². The van der Waals surface area contributed by atoms with Crippen LogP contribution in [0.1, 0.15) is 27.9 Å². The maximum absolute atomic E-state index is 11.8. The third-order valence-electron chi connectivity index (χ3n) is 3.19. The molecule has 6 nitrogen and oxygen atoms in total. The van der Waals surface area contributed by atoms with Crippen molar-refractivity contribution >= 4 is 17.6 Å². The van der Waals surface area contributed by atoms with Crippen molar-refractivity contribution in [1.29, 1.82) is 0 Å². The minimum Gasteiger partial charge on any atom is -0.384 e. The summed E-state index contributed by atoms with van der Waals surface area (Å²) in [6, 6.07) is 10.5. The highest BCUT2D eigenvalue weighted by atomic mass is 16.1. The highest BCUT2D eigenvalue weighted by Crippen LogP contribution is 2.07. The first-order chi connectivity index (χ1) is 10.5. The van der Waals surface area contributed by atoms with E-state index >= 15 is 0 Å². The van der Waals surface area contributed by atoms with Crippen LogP contribution >= 0.6 is 0 Å². The molecule has 2 amide bonds. The lowest BCUT2D eigenvalue weighted by Gasteiger charge is -2.06. The highest BCUT2D eigenvalue weighted by Gasteiger charge is 2.05. The lowest BCUT2D eigenvalue weighted by atomic mass is 10.1. The Morgan fingerprint density at radius 3 is 2.64 bits per heavy atom. The third-order valence-corrected chi connectivity index (χ3v) is 3.19. The van der Waals surface area contributed by atoms with Gasteiger partial charge >= 0.3 is 0 Å². The van der Waals surface area contributed by atoms with Crippen LogP contribution in [0.15, 0.2) is 42.6 Å². The molecule has 0 aliphatic rings. The molecule has 1 aromatic heterocycles. The van der Waals surface area contributed by atoms with Gasteiger partial charge in [-0.1, -0.05) is 18.2 Å². The van der Waals surface area contributed by atoms with E-state index in [4.69, 9.17) is 11.5 Å². The molecule has 2 rings (SSSR count). The molecule has 114 valence electrons. The average Bonchev–Trinajstić information content (AvgIpc) is 2.52. The number of benzene rings is 1. The second-order valence-corrected chi connectivity index (χ2v) is 4.93. The number of carbonyl (C=O) groups is 2. The Bertz CT molecular complexity index is 668. The van der Waals surface area contributed by atoms with E-state index in [1.807, 2.05) is 12.1 Å². The molecule has 0 aliphatic heterocycles. The van der Waals surface area contributed by atoms with Gasteiger partial charge in [-0.05, 0) is 35.7 Å². The van der Waals surface area contributed by atoms with Gasteiger partial charge < -0.3 is 16.8 Å². The largest absolute Gasteiger partial charge is 0.384 e. The first-order valence-corrected chi connectivity index (χ1v) is 6.90. The van der Waals surface area contributed by atoms with Crippen molar-refractivity contribution in [3.63, 3.8) is 0 Å². The van der Waals surface area contributed by atoms with E-state index in [9.17, 15) is 9.59 Å². The Morgan fingerprint density at radius 2 is 1.95 bits per heavy atom. The van der Waals surface area contributed by atoms with Gasteiger partial charge in [0.1, 0.15) is 5.82 Å². The van der Waals surface area contributed by atoms with Crippen LogP contribution < -0.4 is 16.8 Å². The molecule has 0 saturated carbocycles. The van der Waals surface area contributed by atoms with Crippen LogP contribution in [0.25, 0.3) is 0 Å². The van der Waals surface area contributed by atoms with Gasteiger partial charge in [0.15, 0.2) is 0 Å². The van der Waals surface area contributed by atoms with Crippen molar-refractivity contribution in [1.82, 2.24) is 10.3 Å². The summed E-state index contributed by atoms with van der Waals surface area (Å²) >= 11 is 0. The lowest BCUT2D eigenvalue weighted by molar-refractivity contribution is -0.121. The Kier molecular flexibility index (Phi) is 5.08. The molecule has 1 heterocycles. The first-order valence-electron chi connectivity index (χ1n) is 6.90. The number of primary amides is 1. The van der Waals surface area contributed by atoms with Gasteiger partial charge in [0.25, 0.3) is 0 Å². The van der Waals surface area contributed by atoms with Crippen molar-refractivity contribution < 1.29 is 9.59 Å². The molecule has 22 heavy (non-hydrogen) atoms. The minimum atomic E-state index is -0.470. The summed E-state index contributed by atoms with van der Waals surface area (Å²) in [6.07, 6.45) is 2.52. The Hall–Kier alpha value is -2.89. The summed E-state index contributed by atoms with van der Waals surface area (Å²) in [5.74, 6) is -0.0899.